The molecule has 0 spiro atoms. The van der Waals surface area contributed by atoms with Crippen LogP contribution in [0.25, 0.3) is 0 Å². The Morgan fingerprint density at radius 3 is 2.44 bits per heavy atom. The van der Waals surface area contributed by atoms with E-state index in [9.17, 15) is 4.39 Å². The lowest BCUT2D eigenvalue weighted by Crippen LogP contribution is -2.21. The van der Waals surface area contributed by atoms with Crippen molar-refractivity contribution in [2.75, 3.05) is 6.61 Å². The van der Waals surface area contributed by atoms with Crippen LogP contribution >= 0.6 is 0 Å². The van der Waals surface area contributed by atoms with Crippen molar-refractivity contribution in [3.8, 4) is 0 Å². The lowest BCUT2D eigenvalue weighted by atomic mass is 9.99. The van der Waals surface area contributed by atoms with E-state index in [0.29, 0.717) is 12.2 Å². The average molecular weight is 225 g/mol. The minimum atomic E-state index is -0.400. The third kappa shape index (κ3) is 3.29. The van der Waals surface area contributed by atoms with Crippen LogP contribution in [-0.4, -0.2) is 12.7 Å². The average Bonchev–Trinajstić information content (AvgIpc) is 2.12. The van der Waals surface area contributed by atoms with Crippen molar-refractivity contribution in [3.05, 3.63) is 34.6 Å². The molecule has 0 amide bonds. The summed E-state index contributed by atoms with van der Waals surface area (Å²) < 4.78 is 19.2. The smallest absolute Gasteiger partial charge is 0.128 e. The second-order valence-electron chi connectivity index (χ2n) is 4.47. The summed E-state index contributed by atoms with van der Waals surface area (Å²) in [5.41, 5.74) is 8.29. The fraction of sp³-hybridized carbons (Fsp3) is 0.538. The largest absolute Gasteiger partial charge is 0.377 e. The summed E-state index contributed by atoms with van der Waals surface area (Å²) in [6, 6.07) is 3.05. The number of ether oxygens (including phenoxy) is 1. The third-order valence-electron chi connectivity index (χ3n) is 2.46. The minimum absolute atomic E-state index is 0.111. The zero-order chi connectivity index (χ0) is 12.3. The molecular formula is C13H20FNO. The maximum absolute atomic E-state index is 13.8. The second-order valence-corrected chi connectivity index (χ2v) is 4.47. The number of hydrogen-bond acceptors (Lipinski definition) is 2. The van der Waals surface area contributed by atoms with Gasteiger partial charge >= 0.3 is 0 Å². The molecule has 16 heavy (non-hydrogen) atoms. The normalized spacial score (nSPS) is 13.2. The Labute approximate surface area is 96.6 Å². The van der Waals surface area contributed by atoms with E-state index in [1.54, 1.807) is 0 Å². The summed E-state index contributed by atoms with van der Waals surface area (Å²) in [6.07, 6.45) is 0.111. The van der Waals surface area contributed by atoms with Crippen LogP contribution in [0.15, 0.2) is 12.1 Å². The van der Waals surface area contributed by atoms with E-state index in [0.717, 1.165) is 11.1 Å². The van der Waals surface area contributed by atoms with Crippen LogP contribution in [-0.2, 0) is 4.74 Å². The molecular weight excluding hydrogens is 205 g/mol. The van der Waals surface area contributed by atoms with Gasteiger partial charge in [-0.2, -0.15) is 0 Å². The molecule has 0 aliphatic rings. The molecule has 0 heterocycles. The SMILES string of the molecule is Cc1cc(C)c(C(N)COC(C)C)c(F)c1. The maximum atomic E-state index is 13.8. The number of rotatable bonds is 4. The zero-order valence-corrected chi connectivity index (χ0v) is 10.4. The second kappa shape index (κ2) is 5.41. The number of halogens is 1. The molecule has 1 aromatic rings. The van der Waals surface area contributed by atoms with Gasteiger partial charge in [0, 0.05) is 5.56 Å². The number of hydrogen-bond donors (Lipinski definition) is 1. The Morgan fingerprint density at radius 1 is 1.31 bits per heavy atom. The first-order chi connectivity index (χ1) is 7.41. The highest BCUT2D eigenvalue weighted by atomic mass is 19.1. The predicted octanol–water partition coefficient (Wildman–Crippen LogP) is 2.87. The lowest BCUT2D eigenvalue weighted by molar-refractivity contribution is 0.0676. The molecule has 1 aromatic carbocycles. The molecule has 1 rings (SSSR count). The fourth-order valence-electron chi connectivity index (χ4n) is 1.78. The monoisotopic (exact) mass is 225 g/mol. The molecule has 2 N–H and O–H groups in total. The van der Waals surface area contributed by atoms with Crippen LogP contribution < -0.4 is 5.73 Å². The molecule has 0 radical (unpaired) electrons. The van der Waals surface area contributed by atoms with Gasteiger partial charge in [0.05, 0.1) is 18.8 Å². The van der Waals surface area contributed by atoms with Gasteiger partial charge in [-0.3, -0.25) is 0 Å². The van der Waals surface area contributed by atoms with Crippen molar-refractivity contribution in [2.45, 2.75) is 39.8 Å². The van der Waals surface area contributed by atoms with Gasteiger partial charge < -0.3 is 10.5 Å². The Kier molecular flexibility index (Phi) is 4.44. The van der Waals surface area contributed by atoms with Crippen molar-refractivity contribution in [3.63, 3.8) is 0 Å². The molecule has 1 unspecified atom stereocenters. The van der Waals surface area contributed by atoms with Gasteiger partial charge in [0.1, 0.15) is 5.82 Å². The highest BCUT2D eigenvalue weighted by molar-refractivity contribution is 5.34. The first-order valence-electron chi connectivity index (χ1n) is 5.55. The molecule has 0 saturated carbocycles. The molecule has 3 heteroatoms. The van der Waals surface area contributed by atoms with Crippen LogP contribution in [0, 0.1) is 19.7 Å². The first-order valence-corrected chi connectivity index (χ1v) is 5.55. The van der Waals surface area contributed by atoms with E-state index in [2.05, 4.69) is 0 Å². The molecule has 0 aliphatic heterocycles. The molecule has 2 nitrogen and oxygen atoms in total. The van der Waals surface area contributed by atoms with Crippen LogP contribution in [0.4, 0.5) is 4.39 Å². The van der Waals surface area contributed by atoms with E-state index >= 15 is 0 Å². The highest BCUT2D eigenvalue weighted by Crippen LogP contribution is 2.21. The Bertz CT molecular complexity index is 340. The fourth-order valence-corrected chi connectivity index (χ4v) is 1.78. The number of nitrogens with two attached hydrogens (primary N) is 1. The summed E-state index contributed by atoms with van der Waals surface area (Å²) in [5.74, 6) is -0.239. The van der Waals surface area contributed by atoms with Gasteiger partial charge in [0.2, 0.25) is 0 Å². The zero-order valence-electron chi connectivity index (χ0n) is 10.4. The molecule has 0 fully saturated rings. The Hall–Kier alpha value is -0.930. The Morgan fingerprint density at radius 2 is 1.94 bits per heavy atom. The first kappa shape index (κ1) is 13.1. The molecule has 0 aliphatic carbocycles. The molecule has 90 valence electrons. The molecule has 1 atom stereocenters. The van der Waals surface area contributed by atoms with Gasteiger partial charge in [-0.15, -0.1) is 0 Å². The topological polar surface area (TPSA) is 35.2 Å². The van der Waals surface area contributed by atoms with E-state index in [-0.39, 0.29) is 11.9 Å². The van der Waals surface area contributed by atoms with Gasteiger partial charge in [-0.05, 0) is 44.9 Å². The van der Waals surface area contributed by atoms with Gasteiger partial charge in [-0.1, -0.05) is 6.07 Å². The highest BCUT2D eigenvalue weighted by Gasteiger charge is 2.15. The minimum Gasteiger partial charge on any atom is -0.377 e. The van der Waals surface area contributed by atoms with E-state index in [1.165, 1.54) is 6.07 Å². The number of aryl methyl sites for hydroxylation is 2. The van der Waals surface area contributed by atoms with Crippen molar-refractivity contribution in [1.29, 1.82) is 0 Å². The van der Waals surface area contributed by atoms with Crippen LogP contribution in [0.2, 0.25) is 0 Å². The Balaban J connectivity index is 2.86. The van der Waals surface area contributed by atoms with Crippen LogP contribution in [0.5, 0.6) is 0 Å². The maximum Gasteiger partial charge on any atom is 0.128 e. The third-order valence-corrected chi connectivity index (χ3v) is 2.46. The van der Waals surface area contributed by atoms with Crippen molar-refractivity contribution in [1.82, 2.24) is 0 Å². The standard InChI is InChI=1S/C13H20FNO/c1-8(2)16-7-12(15)13-10(4)5-9(3)6-11(13)14/h5-6,8,12H,7,15H2,1-4H3. The summed E-state index contributed by atoms with van der Waals surface area (Å²) in [6.45, 7) is 7.96. The lowest BCUT2D eigenvalue weighted by Gasteiger charge is -2.18. The van der Waals surface area contributed by atoms with E-state index in [4.69, 9.17) is 10.5 Å². The summed E-state index contributed by atoms with van der Waals surface area (Å²) in [5, 5.41) is 0. The predicted molar refractivity (Wildman–Crippen MR) is 63.9 cm³/mol. The quantitative estimate of drug-likeness (QED) is 0.855. The number of benzene rings is 1. The summed E-state index contributed by atoms with van der Waals surface area (Å²) in [4.78, 5) is 0. The van der Waals surface area contributed by atoms with Gasteiger partial charge in [0.15, 0.2) is 0 Å². The molecule has 0 bridgehead atoms. The van der Waals surface area contributed by atoms with Gasteiger partial charge in [-0.25, -0.2) is 4.39 Å². The summed E-state index contributed by atoms with van der Waals surface area (Å²) in [7, 11) is 0. The van der Waals surface area contributed by atoms with Crippen molar-refractivity contribution in [2.24, 2.45) is 5.73 Å². The van der Waals surface area contributed by atoms with Crippen LogP contribution in [0.1, 0.15) is 36.6 Å². The molecule has 0 saturated heterocycles. The molecule has 0 aromatic heterocycles. The van der Waals surface area contributed by atoms with Crippen molar-refractivity contribution < 1.29 is 9.13 Å². The van der Waals surface area contributed by atoms with Crippen molar-refractivity contribution >= 4 is 0 Å². The van der Waals surface area contributed by atoms with Crippen LogP contribution in [0.3, 0.4) is 0 Å². The van der Waals surface area contributed by atoms with Gasteiger partial charge in [0.25, 0.3) is 0 Å². The summed E-state index contributed by atoms with van der Waals surface area (Å²) >= 11 is 0. The van der Waals surface area contributed by atoms with E-state index < -0.39 is 6.04 Å². The van der Waals surface area contributed by atoms with E-state index in [1.807, 2.05) is 33.8 Å².